The third-order valence-electron chi connectivity index (χ3n) is 4.81. The van der Waals surface area contributed by atoms with E-state index >= 15 is 0 Å². The van der Waals surface area contributed by atoms with Crippen molar-refractivity contribution < 1.29 is 23.1 Å². The van der Waals surface area contributed by atoms with Gasteiger partial charge < -0.3 is 4.74 Å². The van der Waals surface area contributed by atoms with Crippen LogP contribution in [0, 0.1) is 18.6 Å². The van der Waals surface area contributed by atoms with E-state index in [0.29, 0.717) is 22.3 Å². The Labute approximate surface area is 185 Å². The predicted octanol–water partition coefficient (Wildman–Crippen LogP) is 4.90. The summed E-state index contributed by atoms with van der Waals surface area (Å²) >= 11 is 0. The van der Waals surface area contributed by atoms with Crippen LogP contribution in [0.25, 0.3) is 11.1 Å². The number of hydrogen-bond donors (Lipinski definition) is 1. The Morgan fingerprint density at radius 3 is 2.25 bits per heavy atom. The first-order valence-electron chi connectivity index (χ1n) is 10.1. The zero-order chi connectivity index (χ0) is 23.3. The number of nitrogens with one attached hydrogen (secondary N) is 1. The van der Waals surface area contributed by atoms with Crippen LogP contribution in [0.3, 0.4) is 0 Å². The predicted molar refractivity (Wildman–Crippen MR) is 118 cm³/mol. The molecule has 0 aliphatic heterocycles. The number of aryl methyl sites for hydroxylation is 1. The smallest absolute Gasteiger partial charge is 0.279 e. The van der Waals surface area contributed by atoms with Gasteiger partial charge in [0.25, 0.3) is 11.8 Å². The number of rotatable bonds is 6. The number of ether oxygens (including phenoxy) is 1. The van der Waals surface area contributed by atoms with E-state index in [2.05, 4.69) is 5.43 Å². The van der Waals surface area contributed by atoms with Crippen LogP contribution in [0.1, 0.15) is 29.8 Å². The van der Waals surface area contributed by atoms with Crippen molar-refractivity contribution in [1.82, 2.24) is 10.4 Å². The summed E-state index contributed by atoms with van der Waals surface area (Å²) in [6, 6.07) is 16.3. The van der Waals surface area contributed by atoms with Crippen LogP contribution in [0.2, 0.25) is 0 Å². The molecule has 3 aromatic rings. The minimum atomic E-state index is -0.485. The van der Waals surface area contributed by atoms with Gasteiger partial charge in [-0.25, -0.2) is 13.8 Å². The van der Waals surface area contributed by atoms with Crippen LogP contribution in [-0.2, 0) is 4.79 Å². The summed E-state index contributed by atoms with van der Waals surface area (Å²) in [5.74, 6) is -1.51. The Kier molecular flexibility index (Phi) is 7.20. The van der Waals surface area contributed by atoms with Crippen molar-refractivity contribution in [1.29, 1.82) is 0 Å². The second kappa shape index (κ2) is 10.0. The number of amides is 2. The lowest BCUT2D eigenvalue weighted by molar-refractivity contribution is -0.137. The van der Waals surface area contributed by atoms with Crippen molar-refractivity contribution in [3.63, 3.8) is 0 Å². The van der Waals surface area contributed by atoms with E-state index in [1.165, 1.54) is 41.4 Å². The van der Waals surface area contributed by atoms with E-state index in [9.17, 15) is 18.4 Å². The Hall–Kier alpha value is -3.74. The molecule has 0 spiro atoms. The number of carbonyl (C=O) groups excluding carboxylic acids is 2. The first-order chi connectivity index (χ1) is 15.3. The van der Waals surface area contributed by atoms with Gasteiger partial charge in [0, 0.05) is 17.2 Å². The summed E-state index contributed by atoms with van der Waals surface area (Å²) in [7, 11) is 0. The van der Waals surface area contributed by atoms with E-state index in [-0.39, 0.29) is 18.4 Å². The zero-order valence-electron chi connectivity index (χ0n) is 18.1. The van der Waals surface area contributed by atoms with E-state index in [1.807, 2.05) is 0 Å². The Bertz CT molecular complexity index is 1120. The molecule has 7 heteroatoms. The molecule has 1 N–H and O–H groups in total. The SMILES string of the molecule is Cc1cc(F)ccc1-c1cc(F)ccc1OCC(=O)N(NC(=O)c1ccccc1)C(C)C. The van der Waals surface area contributed by atoms with Crippen molar-refractivity contribution in [3.8, 4) is 16.9 Å². The van der Waals surface area contributed by atoms with Gasteiger partial charge in [0.2, 0.25) is 0 Å². The maximum absolute atomic E-state index is 13.9. The van der Waals surface area contributed by atoms with E-state index < -0.39 is 23.4 Å². The summed E-state index contributed by atoms with van der Waals surface area (Å²) in [5, 5.41) is 1.20. The fraction of sp³-hybridized carbons (Fsp3) is 0.200. The zero-order valence-corrected chi connectivity index (χ0v) is 18.1. The van der Waals surface area contributed by atoms with Crippen LogP contribution in [0.15, 0.2) is 66.7 Å². The highest BCUT2D eigenvalue weighted by Crippen LogP contribution is 2.33. The van der Waals surface area contributed by atoms with Crippen LogP contribution >= 0.6 is 0 Å². The summed E-state index contributed by atoms with van der Waals surface area (Å²) in [4.78, 5) is 25.3. The van der Waals surface area contributed by atoms with Gasteiger partial charge in [0.05, 0.1) is 0 Å². The van der Waals surface area contributed by atoms with Crippen molar-refractivity contribution in [2.45, 2.75) is 26.8 Å². The average Bonchev–Trinajstić information content (AvgIpc) is 2.76. The average molecular weight is 438 g/mol. The molecule has 0 fully saturated rings. The van der Waals surface area contributed by atoms with Crippen molar-refractivity contribution in [2.24, 2.45) is 0 Å². The summed E-state index contributed by atoms with van der Waals surface area (Å²) < 4.78 is 33.1. The van der Waals surface area contributed by atoms with Crippen molar-refractivity contribution >= 4 is 11.8 Å². The van der Waals surface area contributed by atoms with Crippen LogP contribution in [0.5, 0.6) is 5.75 Å². The second-order valence-electron chi connectivity index (χ2n) is 7.55. The molecule has 0 aliphatic carbocycles. The fourth-order valence-electron chi connectivity index (χ4n) is 3.22. The van der Waals surface area contributed by atoms with E-state index in [4.69, 9.17) is 4.74 Å². The lowest BCUT2D eigenvalue weighted by Crippen LogP contribution is -2.51. The molecule has 0 saturated heterocycles. The molecule has 0 radical (unpaired) electrons. The van der Waals surface area contributed by atoms with Gasteiger partial charge in [0.1, 0.15) is 17.4 Å². The van der Waals surface area contributed by atoms with Gasteiger partial charge in [-0.05, 0) is 74.4 Å². The van der Waals surface area contributed by atoms with Crippen molar-refractivity contribution in [2.75, 3.05) is 6.61 Å². The molecule has 32 heavy (non-hydrogen) atoms. The topological polar surface area (TPSA) is 58.6 Å². The minimum absolute atomic E-state index is 0.271. The molecule has 0 unspecified atom stereocenters. The fourth-order valence-corrected chi connectivity index (χ4v) is 3.22. The maximum atomic E-state index is 13.9. The quantitative estimate of drug-likeness (QED) is 0.557. The molecule has 3 aromatic carbocycles. The molecular formula is C25H24F2N2O3. The Morgan fingerprint density at radius 2 is 1.59 bits per heavy atom. The van der Waals surface area contributed by atoms with Gasteiger partial charge in [-0.15, -0.1) is 0 Å². The molecule has 2 amide bonds. The third-order valence-corrected chi connectivity index (χ3v) is 4.81. The molecule has 0 aliphatic rings. The number of hydrazine groups is 1. The maximum Gasteiger partial charge on any atom is 0.279 e. The van der Waals surface area contributed by atoms with E-state index in [0.717, 1.165) is 0 Å². The van der Waals surface area contributed by atoms with Crippen LogP contribution < -0.4 is 10.2 Å². The normalized spacial score (nSPS) is 10.7. The second-order valence-corrected chi connectivity index (χ2v) is 7.55. The number of hydrogen-bond acceptors (Lipinski definition) is 3. The standard InChI is InChI=1S/C25H24F2N2O3/c1-16(2)29(28-25(31)18-7-5-4-6-8-18)24(30)15-32-23-12-10-20(27)14-22(23)21-11-9-19(26)13-17(21)3/h4-14,16H,15H2,1-3H3,(H,28,31). The lowest BCUT2D eigenvalue weighted by Gasteiger charge is -2.27. The van der Waals surface area contributed by atoms with Crippen LogP contribution in [-0.4, -0.2) is 29.5 Å². The number of benzene rings is 3. The largest absolute Gasteiger partial charge is 0.483 e. The highest BCUT2D eigenvalue weighted by Gasteiger charge is 2.21. The molecule has 3 rings (SSSR count). The summed E-state index contributed by atoms with van der Waals surface area (Å²) in [6.45, 7) is 4.84. The number of halogens is 2. The molecule has 0 heterocycles. The molecule has 0 bridgehead atoms. The summed E-state index contributed by atoms with van der Waals surface area (Å²) in [6.07, 6.45) is 0. The van der Waals surface area contributed by atoms with Crippen LogP contribution in [0.4, 0.5) is 8.78 Å². The van der Waals surface area contributed by atoms with Gasteiger partial charge >= 0.3 is 0 Å². The third kappa shape index (κ3) is 5.49. The van der Waals surface area contributed by atoms with Gasteiger partial charge in [-0.1, -0.05) is 24.3 Å². The Balaban J connectivity index is 1.77. The highest BCUT2D eigenvalue weighted by atomic mass is 19.1. The lowest BCUT2D eigenvalue weighted by atomic mass is 9.99. The Morgan fingerprint density at radius 1 is 0.938 bits per heavy atom. The molecule has 0 atom stereocenters. The summed E-state index contributed by atoms with van der Waals surface area (Å²) in [5.41, 5.74) is 4.61. The first kappa shape index (κ1) is 22.9. The molecular weight excluding hydrogens is 414 g/mol. The first-order valence-corrected chi connectivity index (χ1v) is 10.1. The molecule has 0 saturated carbocycles. The van der Waals surface area contributed by atoms with Gasteiger partial charge in [-0.2, -0.15) is 0 Å². The highest BCUT2D eigenvalue weighted by molar-refractivity contribution is 5.95. The number of carbonyl (C=O) groups is 2. The van der Waals surface area contributed by atoms with Gasteiger partial charge in [0.15, 0.2) is 6.61 Å². The van der Waals surface area contributed by atoms with E-state index in [1.54, 1.807) is 51.1 Å². The molecule has 5 nitrogen and oxygen atoms in total. The van der Waals surface area contributed by atoms with Crippen molar-refractivity contribution in [3.05, 3.63) is 89.5 Å². The molecule has 166 valence electrons. The number of nitrogens with zero attached hydrogens (tertiary/aromatic N) is 1. The van der Waals surface area contributed by atoms with Gasteiger partial charge in [-0.3, -0.25) is 15.0 Å². The molecule has 0 aromatic heterocycles. The minimum Gasteiger partial charge on any atom is -0.483 e. The monoisotopic (exact) mass is 438 g/mol.